The maximum Gasteiger partial charge on any atom is 0.347 e. The monoisotopic (exact) mass is 676 g/mol. The Morgan fingerprint density at radius 3 is 2.16 bits per heavy atom. The molecule has 2 aromatic heterocycles. The molecule has 2 heterocycles. The molecule has 3 aromatic rings. The molecule has 0 atom stereocenters. The number of rotatable bonds is 13. The highest BCUT2D eigenvalue weighted by atomic mass is 35.5. The van der Waals surface area contributed by atoms with Crippen LogP contribution >= 0.6 is 34.3 Å². The van der Waals surface area contributed by atoms with Crippen LogP contribution in [0.15, 0.2) is 53.2 Å². The number of nitrogens with zero attached hydrogens (tertiary/aromatic N) is 1. The predicted molar refractivity (Wildman–Crippen MR) is 183 cm³/mol. The van der Waals surface area contributed by atoms with E-state index in [1.807, 2.05) is 60.3 Å². The van der Waals surface area contributed by atoms with Crippen LogP contribution in [-0.2, 0) is 31.0 Å². The molecule has 240 valence electrons. The number of ether oxygens (including phenoxy) is 1. The Hall–Kier alpha value is -2.05. The molecule has 4 rings (SSSR count). The molecule has 1 aromatic carbocycles. The maximum atomic E-state index is 12.8. The minimum Gasteiger partial charge on any atom is -0.479 e. The smallest absolute Gasteiger partial charge is 0.347 e. The second-order valence-corrected chi connectivity index (χ2v) is 20.2. The lowest BCUT2D eigenvalue weighted by Gasteiger charge is -2.38. The number of hydrogen-bond donors (Lipinski definition) is 2. The van der Waals surface area contributed by atoms with Gasteiger partial charge in [0.25, 0.3) is 0 Å². The Balaban J connectivity index is 1.26. The van der Waals surface area contributed by atoms with Gasteiger partial charge in [0.2, 0.25) is 11.5 Å². The summed E-state index contributed by atoms with van der Waals surface area (Å²) in [5.74, 6) is -1.07. The SMILES string of the molecule is CN(CCC(=O)Nc1ccc(CO[Si](C)(C)C(C)(C)C)cc1Cl)C1CCC(OC(C(=O)O)(c2cccs2)c2cccs2)CC1. The van der Waals surface area contributed by atoms with Crippen molar-refractivity contribution in [3.63, 3.8) is 0 Å². The zero-order chi connectivity index (χ0) is 32.1. The van der Waals surface area contributed by atoms with Gasteiger partial charge in [-0.15, -0.1) is 22.7 Å². The van der Waals surface area contributed by atoms with Crippen LogP contribution < -0.4 is 5.32 Å². The first-order valence-electron chi connectivity index (χ1n) is 15.1. The van der Waals surface area contributed by atoms with Gasteiger partial charge < -0.3 is 24.5 Å². The van der Waals surface area contributed by atoms with Crippen molar-refractivity contribution in [3.05, 3.63) is 73.6 Å². The molecule has 0 aliphatic heterocycles. The van der Waals surface area contributed by atoms with Gasteiger partial charge in [-0.3, -0.25) is 4.79 Å². The molecular weight excluding hydrogens is 632 g/mol. The van der Waals surface area contributed by atoms with Crippen molar-refractivity contribution in [2.75, 3.05) is 18.9 Å². The van der Waals surface area contributed by atoms with E-state index in [0.29, 0.717) is 46.1 Å². The minimum atomic E-state index is -1.87. The summed E-state index contributed by atoms with van der Waals surface area (Å²) in [6, 6.07) is 13.4. The van der Waals surface area contributed by atoms with Crippen LogP contribution in [0, 0.1) is 0 Å². The average Bonchev–Trinajstić information content (AvgIpc) is 3.70. The van der Waals surface area contributed by atoms with Gasteiger partial charge in [-0.2, -0.15) is 0 Å². The molecule has 7 nitrogen and oxygen atoms in total. The van der Waals surface area contributed by atoms with E-state index in [4.69, 9.17) is 20.8 Å². The molecule has 0 spiro atoms. The first-order chi connectivity index (χ1) is 20.7. The van der Waals surface area contributed by atoms with Gasteiger partial charge in [-0.1, -0.05) is 50.6 Å². The fourth-order valence-corrected chi connectivity index (χ4v) is 8.23. The fraction of sp³-hybridized carbons (Fsp3) is 0.515. The van der Waals surface area contributed by atoms with Gasteiger partial charge in [0.05, 0.1) is 33.2 Å². The number of carbonyl (C=O) groups is 2. The van der Waals surface area contributed by atoms with E-state index in [9.17, 15) is 14.7 Å². The van der Waals surface area contributed by atoms with Crippen molar-refractivity contribution < 1.29 is 23.9 Å². The molecule has 0 radical (unpaired) electrons. The quantitative estimate of drug-likeness (QED) is 0.176. The van der Waals surface area contributed by atoms with Crippen LogP contribution in [0.1, 0.15) is 68.2 Å². The lowest BCUT2D eigenvalue weighted by atomic mass is 9.90. The molecule has 1 amide bonds. The number of amides is 1. The number of anilines is 1. The van der Waals surface area contributed by atoms with Crippen LogP contribution in [0.4, 0.5) is 5.69 Å². The van der Waals surface area contributed by atoms with Crippen molar-refractivity contribution in [2.45, 2.75) is 95.4 Å². The Labute approximate surface area is 275 Å². The van der Waals surface area contributed by atoms with Crippen LogP contribution in [0.2, 0.25) is 23.2 Å². The lowest BCUT2D eigenvalue weighted by Crippen LogP contribution is -2.44. The number of nitrogens with one attached hydrogen (secondary N) is 1. The average molecular weight is 677 g/mol. The second kappa shape index (κ2) is 14.6. The molecule has 1 aliphatic carbocycles. The number of thiophene rings is 2. The molecular formula is C33H45ClN2O5S2Si. The third kappa shape index (κ3) is 8.20. The van der Waals surface area contributed by atoms with Gasteiger partial charge in [0.15, 0.2) is 8.32 Å². The summed E-state index contributed by atoms with van der Waals surface area (Å²) < 4.78 is 12.8. The topological polar surface area (TPSA) is 88.1 Å². The zero-order valence-corrected chi connectivity index (χ0v) is 29.9. The fourth-order valence-electron chi connectivity index (χ4n) is 5.21. The largest absolute Gasteiger partial charge is 0.479 e. The number of carboxylic acid groups (broad SMARTS) is 1. The number of carbonyl (C=O) groups excluding carboxylic acids is 1. The molecule has 2 N–H and O–H groups in total. The van der Waals surface area contributed by atoms with Gasteiger partial charge in [0, 0.05) is 19.0 Å². The standard InChI is InChI=1S/C33H45ClN2O5S2Si/c1-32(2,3)44(5,6)40-22-23-11-16-27(26(34)21-23)35-30(37)17-18-36(4)24-12-14-25(15-13-24)41-33(31(38)39,28-9-7-19-42-28)29-10-8-20-43-29/h7-11,16,19-21,24-25H,12-15,17-18,22H2,1-6H3,(H,35,37)(H,38,39). The van der Waals surface area contributed by atoms with E-state index < -0.39 is 19.9 Å². The van der Waals surface area contributed by atoms with Crippen LogP contribution in [-0.4, -0.2) is 55.9 Å². The molecule has 11 heteroatoms. The Morgan fingerprint density at radius 1 is 1.05 bits per heavy atom. The predicted octanol–water partition coefficient (Wildman–Crippen LogP) is 8.60. The maximum absolute atomic E-state index is 12.8. The van der Waals surface area contributed by atoms with E-state index in [2.05, 4.69) is 44.1 Å². The Morgan fingerprint density at radius 2 is 1.66 bits per heavy atom. The molecule has 1 fully saturated rings. The van der Waals surface area contributed by atoms with Crippen LogP contribution in [0.25, 0.3) is 0 Å². The van der Waals surface area contributed by atoms with Crippen molar-refractivity contribution in [2.24, 2.45) is 0 Å². The van der Waals surface area contributed by atoms with E-state index >= 15 is 0 Å². The number of benzene rings is 1. The Bertz CT molecular complexity index is 1350. The Kier molecular flexibility index (Phi) is 11.5. The van der Waals surface area contributed by atoms with Gasteiger partial charge in [-0.05, 0) is 91.5 Å². The molecule has 0 bridgehead atoms. The summed E-state index contributed by atoms with van der Waals surface area (Å²) in [4.78, 5) is 29.1. The number of hydrogen-bond acceptors (Lipinski definition) is 7. The molecule has 0 saturated heterocycles. The van der Waals surface area contributed by atoms with Crippen LogP contribution in [0.5, 0.6) is 0 Å². The van der Waals surface area contributed by atoms with Crippen molar-refractivity contribution >= 4 is 60.2 Å². The number of halogens is 1. The first kappa shape index (κ1) is 34.8. The summed E-state index contributed by atoms with van der Waals surface area (Å²) in [5.41, 5.74) is 0.108. The van der Waals surface area contributed by atoms with Gasteiger partial charge in [-0.25, -0.2) is 4.79 Å². The van der Waals surface area contributed by atoms with E-state index in [1.54, 1.807) is 0 Å². The van der Waals surface area contributed by atoms with Crippen molar-refractivity contribution in [1.82, 2.24) is 4.90 Å². The molecule has 1 aliphatic rings. The highest BCUT2D eigenvalue weighted by molar-refractivity contribution is 7.12. The van der Waals surface area contributed by atoms with E-state index in [1.165, 1.54) is 22.7 Å². The van der Waals surface area contributed by atoms with Crippen molar-refractivity contribution in [3.8, 4) is 0 Å². The van der Waals surface area contributed by atoms with Crippen molar-refractivity contribution in [1.29, 1.82) is 0 Å². The third-order valence-electron chi connectivity index (χ3n) is 9.05. The summed E-state index contributed by atoms with van der Waals surface area (Å²) in [5, 5.41) is 17.8. The van der Waals surface area contributed by atoms with E-state index in [-0.39, 0.29) is 17.0 Å². The van der Waals surface area contributed by atoms with Gasteiger partial charge >= 0.3 is 5.97 Å². The highest BCUT2D eigenvalue weighted by Gasteiger charge is 2.48. The van der Waals surface area contributed by atoms with E-state index in [0.717, 1.165) is 31.2 Å². The highest BCUT2D eigenvalue weighted by Crippen LogP contribution is 2.42. The molecule has 0 unspecified atom stereocenters. The summed E-state index contributed by atoms with van der Waals surface area (Å²) in [6.45, 7) is 12.2. The van der Waals surface area contributed by atoms with Crippen LogP contribution in [0.3, 0.4) is 0 Å². The zero-order valence-electron chi connectivity index (χ0n) is 26.5. The summed E-state index contributed by atoms with van der Waals surface area (Å²) in [6.07, 6.45) is 3.44. The summed E-state index contributed by atoms with van der Waals surface area (Å²) >= 11 is 9.34. The minimum absolute atomic E-state index is 0.0841. The third-order valence-corrected chi connectivity index (χ3v) is 15.8. The molecule has 1 saturated carbocycles. The number of aliphatic carboxylic acids is 1. The summed E-state index contributed by atoms with van der Waals surface area (Å²) in [7, 11) is 0.173. The number of carboxylic acids is 1. The lowest BCUT2D eigenvalue weighted by molar-refractivity contribution is -0.170. The second-order valence-electron chi connectivity index (χ2n) is 13.1. The molecule has 44 heavy (non-hydrogen) atoms. The first-order valence-corrected chi connectivity index (χ1v) is 20.2. The van der Waals surface area contributed by atoms with Gasteiger partial charge in [0.1, 0.15) is 0 Å². The normalized spacial score (nSPS) is 18.0.